The summed E-state index contributed by atoms with van der Waals surface area (Å²) in [6.07, 6.45) is -0.226. The van der Waals surface area contributed by atoms with Gasteiger partial charge in [-0.25, -0.2) is 9.59 Å². The topological polar surface area (TPSA) is 78.3 Å². The van der Waals surface area contributed by atoms with E-state index in [1.807, 2.05) is 32.0 Å². The maximum Gasteiger partial charge on any atom is 0.407 e. The van der Waals surface area contributed by atoms with Crippen molar-refractivity contribution in [3.05, 3.63) is 34.2 Å². The lowest BCUT2D eigenvalue weighted by atomic mass is 9.93. The van der Waals surface area contributed by atoms with Gasteiger partial charge in [0.1, 0.15) is 0 Å². The summed E-state index contributed by atoms with van der Waals surface area (Å²) in [5.41, 5.74) is 2.72. The lowest BCUT2D eigenvalue weighted by molar-refractivity contribution is 0.104. The summed E-state index contributed by atoms with van der Waals surface area (Å²) in [5.74, 6) is 0.104. The Morgan fingerprint density at radius 3 is 2.86 bits per heavy atom. The Morgan fingerprint density at radius 1 is 1.43 bits per heavy atom. The predicted molar refractivity (Wildman–Crippen MR) is 79.7 cm³/mol. The van der Waals surface area contributed by atoms with Crippen LogP contribution in [0.25, 0.3) is 11.0 Å². The Kier molecular flexibility index (Phi) is 3.23. The molecule has 2 aromatic rings. The van der Waals surface area contributed by atoms with Crippen molar-refractivity contribution in [2.24, 2.45) is 5.92 Å². The van der Waals surface area contributed by atoms with Gasteiger partial charge in [-0.05, 0) is 37.0 Å². The summed E-state index contributed by atoms with van der Waals surface area (Å²) in [5, 5.41) is 9.09. The van der Waals surface area contributed by atoms with Crippen molar-refractivity contribution in [2.75, 3.05) is 13.1 Å². The number of carboxylic acid groups (broad SMARTS) is 1. The van der Waals surface area contributed by atoms with Crippen molar-refractivity contribution < 1.29 is 9.90 Å². The predicted octanol–water partition coefficient (Wildman–Crippen LogP) is 2.20. The molecule has 1 aromatic carbocycles. The van der Waals surface area contributed by atoms with Crippen LogP contribution in [0.15, 0.2) is 23.0 Å². The highest BCUT2D eigenvalue weighted by atomic mass is 16.4. The van der Waals surface area contributed by atoms with E-state index in [2.05, 4.69) is 4.98 Å². The SMILES string of the molecule is Cc1ccc2[nH]c(=O)n(C3CCN(C(=O)O)CC3C)c2c1. The van der Waals surface area contributed by atoms with Crippen LogP contribution in [0.2, 0.25) is 0 Å². The fraction of sp³-hybridized carbons (Fsp3) is 0.467. The lowest BCUT2D eigenvalue weighted by Gasteiger charge is -2.35. The number of hydrogen-bond acceptors (Lipinski definition) is 2. The fourth-order valence-corrected chi connectivity index (χ4v) is 3.25. The molecule has 1 amide bonds. The second-order valence-electron chi connectivity index (χ2n) is 5.88. The number of aromatic nitrogens is 2. The number of benzene rings is 1. The van der Waals surface area contributed by atoms with Crippen LogP contribution in [0.3, 0.4) is 0 Å². The van der Waals surface area contributed by atoms with Crippen LogP contribution in [-0.4, -0.2) is 38.7 Å². The van der Waals surface area contributed by atoms with Crippen LogP contribution in [0.1, 0.15) is 24.9 Å². The highest BCUT2D eigenvalue weighted by Crippen LogP contribution is 2.29. The zero-order chi connectivity index (χ0) is 15.1. The van der Waals surface area contributed by atoms with Gasteiger partial charge in [0, 0.05) is 19.1 Å². The highest BCUT2D eigenvalue weighted by Gasteiger charge is 2.31. The normalized spacial score (nSPS) is 22.7. The van der Waals surface area contributed by atoms with Gasteiger partial charge < -0.3 is 15.0 Å². The third kappa shape index (κ3) is 2.30. The molecule has 0 radical (unpaired) electrons. The van der Waals surface area contributed by atoms with E-state index in [1.54, 1.807) is 4.57 Å². The van der Waals surface area contributed by atoms with E-state index in [0.29, 0.717) is 19.5 Å². The molecule has 3 rings (SSSR count). The number of nitrogens with zero attached hydrogens (tertiary/aromatic N) is 2. The van der Waals surface area contributed by atoms with Crippen LogP contribution < -0.4 is 5.69 Å². The van der Waals surface area contributed by atoms with Gasteiger partial charge in [-0.2, -0.15) is 0 Å². The Hall–Kier alpha value is -2.24. The monoisotopic (exact) mass is 289 g/mol. The standard InChI is InChI=1S/C15H19N3O3/c1-9-3-4-11-13(7-9)18(14(19)16-11)12-5-6-17(15(20)21)8-10(12)2/h3-4,7,10,12H,5-6,8H2,1-2H3,(H,16,19)(H,20,21). The quantitative estimate of drug-likeness (QED) is 0.844. The van der Waals surface area contributed by atoms with E-state index in [9.17, 15) is 9.59 Å². The second kappa shape index (κ2) is 4.95. The van der Waals surface area contributed by atoms with Crippen molar-refractivity contribution in [3.8, 4) is 0 Å². The van der Waals surface area contributed by atoms with E-state index in [4.69, 9.17) is 5.11 Å². The molecule has 1 fully saturated rings. The Morgan fingerprint density at radius 2 is 2.19 bits per heavy atom. The number of likely N-dealkylation sites (tertiary alicyclic amines) is 1. The zero-order valence-corrected chi connectivity index (χ0v) is 12.2. The molecular weight excluding hydrogens is 270 g/mol. The maximum absolute atomic E-state index is 12.3. The summed E-state index contributed by atoms with van der Waals surface area (Å²) in [6, 6.07) is 5.92. The molecule has 1 saturated heterocycles. The van der Waals surface area contributed by atoms with Gasteiger partial charge in [-0.1, -0.05) is 13.0 Å². The number of carbonyl (C=O) groups is 1. The number of aryl methyl sites for hydroxylation is 1. The number of fused-ring (bicyclic) bond motifs is 1. The molecule has 6 nitrogen and oxygen atoms in total. The molecule has 6 heteroatoms. The molecule has 0 aliphatic carbocycles. The molecule has 2 atom stereocenters. The first kappa shape index (κ1) is 13.7. The van der Waals surface area contributed by atoms with Gasteiger partial charge in [-0.15, -0.1) is 0 Å². The van der Waals surface area contributed by atoms with E-state index < -0.39 is 6.09 Å². The maximum atomic E-state index is 12.3. The van der Waals surface area contributed by atoms with Gasteiger partial charge in [0.25, 0.3) is 0 Å². The van der Waals surface area contributed by atoms with Gasteiger partial charge in [0.05, 0.1) is 11.0 Å². The van der Waals surface area contributed by atoms with Crippen LogP contribution in [0.4, 0.5) is 4.79 Å². The number of nitrogens with one attached hydrogen (secondary N) is 1. The van der Waals surface area contributed by atoms with Crippen LogP contribution in [0.5, 0.6) is 0 Å². The molecule has 0 saturated carbocycles. The van der Waals surface area contributed by atoms with Gasteiger partial charge in [0.2, 0.25) is 0 Å². The molecule has 21 heavy (non-hydrogen) atoms. The molecule has 112 valence electrons. The van der Waals surface area contributed by atoms with Gasteiger partial charge in [-0.3, -0.25) is 4.57 Å². The molecule has 1 aliphatic heterocycles. The number of H-pyrrole nitrogens is 1. The summed E-state index contributed by atoms with van der Waals surface area (Å²) < 4.78 is 1.80. The van der Waals surface area contributed by atoms with Gasteiger partial charge >= 0.3 is 11.8 Å². The Bertz CT molecular complexity index is 746. The number of piperidine rings is 1. The second-order valence-corrected chi connectivity index (χ2v) is 5.88. The number of imidazole rings is 1. The van der Waals surface area contributed by atoms with E-state index in [0.717, 1.165) is 16.6 Å². The average Bonchev–Trinajstić information content (AvgIpc) is 2.74. The van der Waals surface area contributed by atoms with Crippen LogP contribution in [0, 0.1) is 12.8 Å². The van der Waals surface area contributed by atoms with Crippen molar-refractivity contribution >= 4 is 17.1 Å². The minimum Gasteiger partial charge on any atom is -0.465 e. The van der Waals surface area contributed by atoms with Crippen molar-refractivity contribution in [1.29, 1.82) is 0 Å². The summed E-state index contributed by atoms with van der Waals surface area (Å²) in [7, 11) is 0. The summed E-state index contributed by atoms with van der Waals surface area (Å²) in [4.78, 5) is 27.7. The van der Waals surface area contributed by atoms with Crippen LogP contribution in [-0.2, 0) is 0 Å². The molecule has 2 heterocycles. The zero-order valence-electron chi connectivity index (χ0n) is 12.2. The number of amides is 1. The average molecular weight is 289 g/mol. The summed E-state index contributed by atoms with van der Waals surface area (Å²) in [6.45, 7) is 4.93. The molecule has 2 unspecified atom stereocenters. The van der Waals surface area contributed by atoms with Crippen molar-refractivity contribution in [3.63, 3.8) is 0 Å². The molecule has 0 spiro atoms. The van der Waals surface area contributed by atoms with E-state index in [1.165, 1.54) is 4.90 Å². The first-order valence-corrected chi connectivity index (χ1v) is 7.16. The highest BCUT2D eigenvalue weighted by molar-refractivity contribution is 5.76. The Balaban J connectivity index is 2.01. The lowest BCUT2D eigenvalue weighted by Crippen LogP contribution is -2.44. The first-order valence-electron chi connectivity index (χ1n) is 7.16. The fourth-order valence-electron chi connectivity index (χ4n) is 3.25. The number of aromatic amines is 1. The minimum absolute atomic E-state index is 0.0312. The molecule has 1 aromatic heterocycles. The molecule has 1 aliphatic rings. The van der Waals surface area contributed by atoms with Crippen LogP contribution >= 0.6 is 0 Å². The third-order valence-electron chi connectivity index (χ3n) is 4.34. The molecule has 0 bridgehead atoms. The third-order valence-corrected chi connectivity index (χ3v) is 4.34. The van der Waals surface area contributed by atoms with E-state index >= 15 is 0 Å². The number of rotatable bonds is 1. The Labute approximate surface area is 122 Å². The molecule has 2 N–H and O–H groups in total. The largest absolute Gasteiger partial charge is 0.465 e. The smallest absolute Gasteiger partial charge is 0.407 e. The van der Waals surface area contributed by atoms with E-state index in [-0.39, 0.29) is 17.6 Å². The van der Waals surface area contributed by atoms with Gasteiger partial charge in [0.15, 0.2) is 0 Å². The molecular formula is C15H19N3O3. The van der Waals surface area contributed by atoms with Crippen molar-refractivity contribution in [1.82, 2.24) is 14.5 Å². The number of hydrogen-bond donors (Lipinski definition) is 2. The minimum atomic E-state index is -0.887. The first-order chi connectivity index (χ1) is 9.97. The summed E-state index contributed by atoms with van der Waals surface area (Å²) >= 11 is 0. The van der Waals surface area contributed by atoms with Crippen molar-refractivity contribution in [2.45, 2.75) is 26.3 Å².